The summed E-state index contributed by atoms with van der Waals surface area (Å²) in [6, 6.07) is 19.7. The third-order valence-corrected chi connectivity index (χ3v) is 7.74. The van der Waals surface area contributed by atoms with Crippen molar-refractivity contribution in [3.8, 4) is 11.3 Å². The molecule has 0 radical (unpaired) electrons. The van der Waals surface area contributed by atoms with Gasteiger partial charge in [-0.15, -0.1) is 0 Å². The van der Waals surface area contributed by atoms with E-state index in [1.54, 1.807) is 12.1 Å². The van der Waals surface area contributed by atoms with Gasteiger partial charge in [0.05, 0.1) is 4.90 Å². The van der Waals surface area contributed by atoms with Crippen molar-refractivity contribution in [1.82, 2.24) is 13.7 Å². The Morgan fingerprint density at radius 1 is 0.970 bits per heavy atom. The molecule has 2 aromatic carbocycles. The fourth-order valence-electron chi connectivity index (χ4n) is 4.12. The fourth-order valence-corrected chi connectivity index (χ4v) is 5.69. The number of nitrogens with one attached hydrogen (secondary N) is 1. The van der Waals surface area contributed by atoms with Crippen LogP contribution in [0.1, 0.15) is 28.8 Å². The fraction of sp³-hybridized carbons (Fsp3) is 0.200. The average Bonchev–Trinajstić information content (AvgIpc) is 3.49. The molecule has 8 heteroatoms. The molecule has 0 unspecified atom stereocenters. The predicted octanol–water partition coefficient (Wildman–Crippen LogP) is 4.35. The Bertz CT molecular complexity index is 1440. The molecule has 0 saturated carbocycles. The van der Waals surface area contributed by atoms with Crippen molar-refractivity contribution in [2.45, 2.75) is 24.7 Å². The van der Waals surface area contributed by atoms with Gasteiger partial charge in [-0.05, 0) is 49.6 Å². The maximum Gasteiger partial charge on any atom is 0.256 e. The molecule has 168 valence electrons. The van der Waals surface area contributed by atoms with Gasteiger partial charge in [-0.2, -0.15) is 4.31 Å². The van der Waals surface area contributed by atoms with Gasteiger partial charge in [-0.25, -0.2) is 13.4 Å². The standard InChI is InChI=1S/C25H24N4O3S/c1-18-12-13-22-26-23(19-8-3-2-4-9-19)24(29(22)17-18)27-25(30)20-10-7-11-21(16-20)33(31,32)28-14-5-6-15-28/h2-4,7-13,16-17H,5-6,14-15H2,1H3,(H,27,30). The second-order valence-electron chi connectivity index (χ2n) is 8.20. The van der Waals surface area contributed by atoms with Crippen LogP contribution >= 0.6 is 0 Å². The highest BCUT2D eigenvalue weighted by Gasteiger charge is 2.28. The minimum Gasteiger partial charge on any atom is -0.306 e. The number of sulfonamides is 1. The summed E-state index contributed by atoms with van der Waals surface area (Å²) in [6.07, 6.45) is 3.63. The second kappa shape index (κ2) is 8.46. The molecule has 7 nitrogen and oxygen atoms in total. The summed E-state index contributed by atoms with van der Waals surface area (Å²) in [5.41, 5.74) is 3.53. The Kier molecular flexibility index (Phi) is 5.47. The summed E-state index contributed by atoms with van der Waals surface area (Å²) < 4.78 is 29.2. The number of nitrogens with zero attached hydrogens (tertiary/aromatic N) is 3. The summed E-state index contributed by atoms with van der Waals surface area (Å²) in [5, 5.41) is 2.98. The maximum absolute atomic E-state index is 13.3. The van der Waals surface area contributed by atoms with Crippen LogP contribution in [0.5, 0.6) is 0 Å². The first kappa shape index (κ1) is 21.4. The van der Waals surface area contributed by atoms with Crippen molar-refractivity contribution in [3.05, 3.63) is 84.1 Å². The lowest BCUT2D eigenvalue weighted by Gasteiger charge is -2.16. The molecule has 1 fully saturated rings. The molecule has 1 amide bonds. The molecule has 0 atom stereocenters. The number of aryl methyl sites for hydroxylation is 1. The molecule has 3 heterocycles. The van der Waals surface area contributed by atoms with E-state index < -0.39 is 15.9 Å². The monoisotopic (exact) mass is 460 g/mol. The van der Waals surface area contributed by atoms with Crippen LogP contribution in [-0.4, -0.2) is 41.1 Å². The van der Waals surface area contributed by atoms with Crippen LogP contribution in [0.3, 0.4) is 0 Å². The second-order valence-corrected chi connectivity index (χ2v) is 10.1. The number of rotatable bonds is 5. The van der Waals surface area contributed by atoms with Crippen LogP contribution in [-0.2, 0) is 10.0 Å². The van der Waals surface area contributed by atoms with Gasteiger partial charge in [-0.3, -0.25) is 9.20 Å². The smallest absolute Gasteiger partial charge is 0.256 e. The Labute approximate surface area is 192 Å². The number of fused-ring (bicyclic) bond motifs is 1. The third-order valence-electron chi connectivity index (χ3n) is 5.84. The first-order valence-electron chi connectivity index (χ1n) is 10.9. The highest BCUT2D eigenvalue weighted by atomic mass is 32.2. The molecule has 33 heavy (non-hydrogen) atoms. The van der Waals surface area contributed by atoms with Crippen LogP contribution in [0.2, 0.25) is 0 Å². The van der Waals surface area contributed by atoms with Gasteiger partial charge in [-0.1, -0.05) is 42.5 Å². The van der Waals surface area contributed by atoms with Gasteiger partial charge in [0.25, 0.3) is 5.91 Å². The van der Waals surface area contributed by atoms with Crippen molar-refractivity contribution in [2.75, 3.05) is 18.4 Å². The van der Waals surface area contributed by atoms with Gasteiger partial charge in [0.2, 0.25) is 10.0 Å². The number of anilines is 1. The van der Waals surface area contributed by atoms with Gasteiger partial charge >= 0.3 is 0 Å². The highest BCUT2D eigenvalue weighted by molar-refractivity contribution is 7.89. The SMILES string of the molecule is Cc1ccc2nc(-c3ccccc3)c(NC(=O)c3cccc(S(=O)(=O)N4CCCC4)c3)n2c1. The summed E-state index contributed by atoms with van der Waals surface area (Å²) in [4.78, 5) is 18.1. The Morgan fingerprint density at radius 2 is 1.73 bits per heavy atom. The Balaban J connectivity index is 1.53. The van der Waals surface area contributed by atoms with E-state index >= 15 is 0 Å². The number of benzene rings is 2. The van der Waals surface area contributed by atoms with E-state index in [1.165, 1.54) is 16.4 Å². The largest absolute Gasteiger partial charge is 0.306 e. The molecule has 1 saturated heterocycles. The van der Waals surface area contributed by atoms with Crippen molar-refractivity contribution in [1.29, 1.82) is 0 Å². The first-order valence-corrected chi connectivity index (χ1v) is 12.3. The quantitative estimate of drug-likeness (QED) is 0.480. The van der Waals surface area contributed by atoms with E-state index in [9.17, 15) is 13.2 Å². The van der Waals surface area contributed by atoms with Gasteiger partial charge in [0, 0.05) is 30.4 Å². The molecular weight excluding hydrogens is 436 g/mol. The molecule has 1 aliphatic heterocycles. The number of pyridine rings is 1. The van der Waals surface area contributed by atoms with Crippen molar-refractivity contribution in [2.24, 2.45) is 0 Å². The van der Waals surface area contributed by atoms with E-state index in [4.69, 9.17) is 4.98 Å². The zero-order valence-electron chi connectivity index (χ0n) is 18.2. The number of carbonyl (C=O) groups excluding carboxylic acids is 1. The molecule has 1 aliphatic rings. The molecule has 0 bridgehead atoms. The molecule has 5 rings (SSSR count). The lowest BCUT2D eigenvalue weighted by atomic mass is 10.1. The number of carbonyl (C=O) groups is 1. The lowest BCUT2D eigenvalue weighted by molar-refractivity contribution is 0.102. The number of amides is 1. The summed E-state index contributed by atoms with van der Waals surface area (Å²) in [6.45, 7) is 3.00. The van der Waals surface area contributed by atoms with E-state index in [0.717, 1.165) is 24.0 Å². The number of aromatic nitrogens is 2. The third kappa shape index (κ3) is 4.03. The topological polar surface area (TPSA) is 83.8 Å². The summed E-state index contributed by atoms with van der Waals surface area (Å²) >= 11 is 0. The summed E-state index contributed by atoms with van der Waals surface area (Å²) in [5.74, 6) is 0.145. The number of imidazole rings is 1. The first-order chi connectivity index (χ1) is 15.9. The van der Waals surface area contributed by atoms with Gasteiger partial charge in [0.15, 0.2) is 0 Å². The minimum absolute atomic E-state index is 0.134. The van der Waals surface area contributed by atoms with E-state index in [-0.39, 0.29) is 10.5 Å². The van der Waals surface area contributed by atoms with Crippen molar-refractivity contribution >= 4 is 27.4 Å². The van der Waals surface area contributed by atoms with Crippen LogP contribution in [0.4, 0.5) is 5.82 Å². The molecule has 2 aromatic heterocycles. The normalized spacial score (nSPS) is 14.6. The van der Waals surface area contributed by atoms with Crippen molar-refractivity contribution in [3.63, 3.8) is 0 Å². The van der Waals surface area contributed by atoms with Crippen molar-refractivity contribution < 1.29 is 13.2 Å². The predicted molar refractivity (Wildman–Crippen MR) is 128 cm³/mol. The zero-order chi connectivity index (χ0) is 23.0. The average molecular weight is 461 g/mol. The zero-order valence-corrected chi connectivity index (χ0v) is 19.0. The molecule has 1 N–H and O–H groups in total. The molecular formula is C25H24N4O3S. The van der Waals surface area contributed by atoms with Crippen LogP contribution < -0.4 is 5.32 Å². The van der Waals surface area contributed by atoms with Gasteiger partial charge < -0.3 is 5.32 Å². The van der Waals surface area contributed by atoms with Crippen LogP contribution in [0.15, 0.2) is 77.8 Å². The van der Waals surface area contributed by atoms with E-state index in [2.05, 4.69) is 5.32 Å². The number of hydrogen-bond donors (Lipinski definition) is 1. The number of hydrogen-bond acceptors (Lipinski definition) is 4. The van der Waals surface area contributed by atoms with E-state index in [0.29, 0.717) is 30.2 Å². The highest BCUT2D eigenvalue weighted by Crippen LogP contribution is 2.30. The Hall–Kier alpha value is -3.49. The molecule has 4 aromatic rings. The lowest BCUT2D eigenvalue weighted by Crippen LogP contribution is -2.28. The molecule has 0 spiro atoms. The van der Waals surface area contributed by atoms with E-state index in [1.807, 2.05) is 60.0 Å². The Morgan fingerprint density at radius 3 is 2.48 bits per heavy atom. The molecule has 0 aliphatic carbocycles. The van der Waals surface area contributed by atoms with Crippen LogP contribution in [0, 0.1) is 6.92 Å². The minimum atomic E-state index is -3.61. The van der Waals surface area contributed by atoms with Gasteiger partial charge in [0.1, 0.15) is 17.2 Å². The van der Waals surface area contributed by atoms with Crippen LogP contribution in [0.25, 0.3) is 16.9 Å². The maximum atomic E-state index is 13.3. The summed E-state index contributed by atoms with van der Waals surface area (Å²) in [7, 11) is -3.61.